The van der Waals surface area contributed by atoms with Gasteiger partial charge in [0.05, 0.1) is 12.2 Å². The van der Waals surface area contributed by atoms with Crippen LogP contribution in [-0.4, -0.2) is 28.6 Å². The Labute approximate surface area is 137 Å². The maximum Gasteiger partial charge on any atom is 0.434 e. The fourth-order valence-corrected chi connectivity index (χ4v) is 3.17. The second-order valence-electron chi connectivity index (χ2n) is 6.29. The fourth-order valence-electron chi connectivity index (χ4n) is 3.17. The normalized spacial score (nSPS) is 21.2. The number of nitrogens with one attached hydrogen (secondary N) is 1. The number of hydrogen-bond donors (Lipinski definition) is 1. The molecule has 1 aromatic heterocycles. The van der Waals surface area contributed by atoms with Crippen LogP contribution in [-0.2, 0) is 28.7 Å². The number of carbonyl (C=O) groups is 1. The summed E-state index contributed by atoms with van der Waals surface area (Å²) >= 11 is 0. The van der Waals surface area contributed by atoms with Crippen molar-refractivity contribution in [1.82, 2.24) is 14.9 Å². The summed E-state index contributed by atoms with van der Waals surface area (Å²) in [5.41, 5.74) is -0.179. The van der Waals surface area contributed by atoms with Crippen LogP contribution in [0.4, 0.5) is 13.2 Å². The van der Waals surface area contributed by atoms with Crippen LogP contribution in [0.1, 0.15) is 37.7 Å². The van der Waals surface area contributed by atoms with Gasteiger partial charge in [0.15, 0.2) is 5.69 Å². The van der Waals surface area contributed by atoms with Crippen LogP contribution >= 0.6 is 0 Å². The van der Waals surface area contributed by atoms with Gasteiger partial charge in [-0.15, -0.1) is 0 Å². The quantitative estimate of drug-likeness (QED) is 0.918. The molecule has 1 unspecified atom stereocenters. The van der Waals surface area contributed by atoms with Crippen molar-refractivity contribution in [2.45, 2.75) is 45.3 Å². The average molecular weight is 343 g/mol. The molecule has 0 aliphatic carbocycles. The number of aryl methyl sites for hydroxylation is 1. The predicted octanol–water partition coefficient (Wildman–Crippen LogP) is 2.66. The minimum atomic E-state index is -4.42. The molecule has 1 aromatic rings. The molecule has 132 valence electrons. The first-order chi connectivity index (χ1) is 11.3. The second kappa shape index (κ2) is 6.49. The van der Waals surface area contributed by atoms with Crippen LogP contribution in [0.3, 0.4) is 0 Å². The molecule has 0 saturated carbocycles. The maximum atomic E-state index is 12.7. The second-order valence-corrected chi connectivity index (χ2v) is 6.29. The molecule has 0 saturated heterocycles. The summed E-state index contributed by atoms with van der Waals surface area (Å²) in [6, 6.07) is 0. The lowest BCUT2D eigenvalue weighted by atomic mass is 9.99. The van der Waals surface area contributed by atoms with Crippen molar-refractivity contribution in [2.75, 3.05) is 13.2 Å². The third-order valence-electron chi connectivity index (χ3n) is 4.52. The lowest BCUT2D eigenvalue weighted by molar-refractivity contribution is -0.141. The first kappa shape index (κ1) is 16.9. The molecule has 5 nitrogen and oxygen atoms in total. The van der Waals surface area contributed by atoms with Gasteiger partial charge in [0.1, 0.15) is 11.6 Å². The monoisotopic (exact) mass is 343 g/mol. The standard InChI is InChI=1S/C16H20F3N3O2/c1-10-12(3-2-6-24-10)15(23)20-7-11-4-5-14-21-13(16(17,18)19)9-22(14)8-11/h9,11H,2-8H2,1H3,(H,20,23). The van der Waals surface area contributed by atoms with Gasteiger partial charge >= 0.3 is 6.18 Å². The predicted molar refractivity (Wildman–Crippen MR) is 79.9 cm³/mol. The first-order valence-electron chi connectivity index (χ1n) is 8.08. The molecule has 0 fully saturated rings. The molecule has 2 aliphatic rings. The maximum absolute atomic E-state index is 12.7. The third-order valence-corrected chi connectivity index (χ3v) is 4.52. The van der Waals surface area contributed by atoms with Crippen molar-refractivity contribution >= 4 is 5.91 Å². The zero-order valence-corrected chi connectivity index (χ0v) is 13.4. The zero-order valence-electron chi connectivity index (χ0n) is 13.4. The van der Waals surface area contributed by atoms with E-state index in [9.17, 15) is 18.0 Å². The highest BCUT2D eigenvalue weighted by Crippen LogP contribution is 2.30. The number of rotatable bonds is 3. The lowest BCUT2D eigenvalue weighted by Crippen LogP contribution is -2.35. The van der Waals surface area contributed by atoms with Gasteiger partial charge in [-0.25, -0.2) is 4.98 Å². The van der Waals surface area contributed by atoms with Crippen LogP contribution in [0.5, 0.6) is 0 Å². The van der Waals surface area contributed by atoms with E-state index in [0.29, 0.717) is 56.1 Å². The van der Waals surface area contributed by atoms with Crippen LogP contribution < -0.4 is 5.32 Å². The number of hydrogen-bond acceptors (Lipinski definition) is 3. The number of allylic oxidation sites excluding steroid dienone is 1. The molecule has 0 aromatic carbocycles. The van der Waals surface area contributed by atoms with E-state index in [2.05, 4.69) is 10.3 Å². The molecule has 0 radical (unpaired) electrons. The van der Waals surface area contributed by atoms with E-state index in [1.165, 1.54) is 0 Å². The van der Waals surface area contributed by atoms with Crippen LogP contribution in [0.2, 0.25) is 0 Å². The largest absolute Gasteiger partial charge is 0.498 e. The smallest absolute Gasteiger partial charge is 0.434 e. The van der Waals surface area contributed by atoms with E-state index in [4.69, 9.17) is 4.74 Å². The molecule has 0 bridgehead atoms. The lowest BCUT2D eigenvalue weighted by Gasteiger charge is -2.25. The minimum Gasteiger partial charge on any atom is -0.498 e. The summed E-state index contributed by atoms with van der Waals surface area (Å²) < 4.78 is 45.1. The van der Waals surface area contributed by atoms with Crippen molar-refractivity contribution in [1.29, 1.82) is 0 Å². The van der Waals surface area contributed by atoms with Gasteiger partial charge in [0.2, 0.25) is 0 Å². The summed E-state index contributed by atoms with van der Waals surface area (Å²) in [5, 5.41) is 2.89. The van der Waals surface area contributed by atoms with Gasteiger partial charge in [-0.1, -0.05) is 0 Å². The molecule has 2 aliphatic heterocycles. The van der Waals surface area contributed by atoms with Gasteiger partial charge in [-0.05, 0) is 32.1 Å². The number of ether oxygens (including phenoxy) is 1. The fraction of sp³-hybridized carbons (Fsp3) is 0.625. The number of aromatic nitrogens is 2. The molecule has 3 heterocycles. The Balaban J connectivity index is 1.58. The summed E-state index contributed by atoms with van der Waals surface area (Å²) in [6.07, 6.45) is -0.639. The molecular weight excluding hydrogens is 323 g/mol. The highest BCUT2D eigenvalue weighted by Gasteiger charge is 2.35. The van der Waals surface area contributed by atoms with Gasteiger partial charge in [-0.2, -0.15) is 13.2 Å². The average Bonchev–Trinajstić information content (AvgIpc) is 2.96. The molecule has 24 heavy (non-hydrogen) atoms. The molecular formula is C16H20F3N3O2. The Morgan fingerprint density at radius 1 is 1.46 bits per heavy atom. The van der Waals surface area contributed by atoms with Crippen molar-refractivity contribution in [3.8, 4) is 0 Å². The van der Waals surface area contributed by atoms with E-state index in [-0.39, 0.29) is 11.8 Å². The van der Waals surface area contributed by atoms with E-state index in [1.807, 2.05) is 0 Å². The van der Waals surface area contributed by atoms with Gasteiger partial charge in [0.25, 0.3) is 5.91 Å². The number of alkyl halides is 3. The number of carbonyl (C=O) groups excluding carboxylic acids is 1. The van der Waals surface area contributed by atoms with Crippen molar-refractivity contribution in [3.05, 3.63) is 29.0 Å². The zero-order chi connectivity index (χ0) is 17.3. The number of halogens is 3. The summed E-state index contributed by atoms with van der Waals surface area (Å²) in [6.45, 7) is 3.29. The SMILES string of the molecule is CC1=C(C(=O)NCC2CCc3nc(C(F)(F)F)cn3C2)CCCO1. The van der Waals surface area contributed by atoms with Crippen LogP contribution in [0.15, 0.2) is 17.5 Å². The highest BCUT2D eigenvalue weighted by molar-refractivity contribution is 5.93. The Hall–Kier alpha value is -1.99. The first-order valence-corrected chi connectivity index (χ1v) is 8.08. The van der Waals surface area contributed by atoms with Crippen LogP contribution in [0, 0.1) is 5.92 Å². The summed E-state index contributed by atoms with van der Waals surface area (Å²) in [5.74, 6) is 1.08. The van der Waals surface area contributed by atoms with E-state index in [1.54, 1.807) is 11.5 Å². The molecule has 0 spiro atoms. The van der Waals surface area contributed by atoms with Crippen molar-refractivity contribution in [3.63, 3.8) is 0 Å². The third kappa shape index (κ3) is 3.57. The summed E-state index contributed by atoms with van der Waals surface area (Å²) in [4.78, 5) is 15.9. The Bertz CT molecular complexity index is 664. The van der Waals surface area contributed by atoms with Crippen molar-refractivity contribution in [2.24, 2.45) is 5.92 Å². The Morgan fingerprint density at radius 2 is 2.25 bits per heavy atom. The number of fused-ring (bicyclic) bond motifs is 1. The van der Waals surface area contributed by atoms with E-state index in [0.717, 1.165) is 12.6 Å². The van der Waals surface area contributed by atoms with Gasteiger partial charge in [0, 0.05) is 25.7 Å². The minimum absolute atomic E-state index is 0.0992. The van der Waals surface area contributed by atoms with Crippen LogP contribution in [0.25, 0.3) is 0 Å². The molecule has 8 heteroatoms. The number of amides is 1. The Morgan fingerprint density at radius 3 is 2.96 bits per heavy atom. The van der Waals surface area contributed by atoms with Gasteiger partial charge in [-0.3, -0.25) is 4.79 Å². The van der Waals surface area contributed by atoms with Crippen molar-refractivity contribution < 1.29 is 22.7 Å². The van der Waals surface area contributed by atoms with E-state index >= 15 is 0 Å². The Kier molecular flexibility index (Phi) is 4.56. The molecule has 1 atom stereocenters. The molecule has 3 rings (SSSR count). The molecule has 1 N–H and O–H groups in total. The number of imidazole rings is 1. The molecule has 1 amide bonds. The topological polar surface area (TPSA) is 56.2 Å². The highest BCUT2D eigenvalue weighted by atomic mass is 19.4. The number of nitrogens with zero attached hydrogens (tertiary/aromatic N) is 2. The van der Waals surface area contributed by atoms with E-state index < -0.39 is 11.9 Å². The van der Waals surface area contributed by atoms with Gasteiger partial charge < -0.3 is 14.6 Å². The summed E-state index contributed by atoms with van der Waals surface area (Å²) in [7, 11) is 0.